The van der Waals surface area contributed by atoms with Gasteiger partial charge in [-0.3, -0.25) is 0 Å². The molecule has 1 aromatic rings. The number of hydrogen-bond donors (Lipinski definition) is 0. The zero-order valence-corrected chi connectivity index (χ0v) is 14.4. The largest absolute Gasteiger partial charge is 0.462 e. The number of carbonyl (C=O) groups excluding carboxylic acids is 1. The molecule has 0 radical (unpaired) electrons. The zero-order chi connectivity index (χ0) is 15.6. The van der Waals surface area contributed by atoms with Crippen LogP contribution in [-0.2, 0) is 4.74 Å². The topological polar surface area (TPSA) is 26.3 Å². The standard InChI is InChI=1S/C16H19Cl3O2/c1-9-4-3-5-12(9)10(2)8-21-16(20)13-6-11(17)7-14(18)15(13)19/h6-7,9-10,12H,3-5,8H2,1-2H3. The first-order chi connectivity index (χ1) is 9.90. The van der Waals surface area contributed by atoms with Crippen molar-refractivity contribution in [1.29, 1.82) is 0 Å². The normalized spacial score (nSPS) is 23.1. The Morgan fingerprint density at radius 3 is 2.67 bits per heavy atom. The molecule has 0 bridgehead atoms. The van der Waals surface area contributed by atoms with Gasteiger partial charge in [-0.1, -0.05) is 61.5 Å². The summed E-state index contributed by atoms with van der Waals surface area (Å²) in [5.74, 6) is 1.20. The number of hydrogen-bond acceptors (Lipinski definition) is 2. The summed E-state index contributed by atoms with van der Waals surface area (Å²) in [6.07, 6.45) is 3.74. The lowest BCUT2D eigenvalue weighted by molar-refractivity contribution is 0.0390. The number of carbonyl (C=O) groups is 1. The highest BCUT2D eigenvalue weighted by Crippen LogP contribution is 2.37. The van der Waals surface area contributed by atoms with Crippen molar-refractivity contribution in [3.05, 3.63) is 32.8 Å². The highest BCUT2D eigenvalue weighted by atomic mass is 35.5. The van der Waals surface area contributed by atoms with Crippen molar-refractivity contribution >= 4 is 40.8 Å². The van der Waals surface area contributed by atoms with E-state index < -0.39 is 5.97 Å². The van der Waals surface area contributed by atoms with Crippen LogP contribution in [0.15, 0.2) is 12.1 Å². The molecule has 3 atom stereocenters. The summed E-state index contributed by atoms with van der Waals surface area (Å²) in [4.78, 5) is 12.1. The van der Waals surface area contributed by atoms with Crippen molar-refractivity contribution in [3.8, 4) is 0 Å². The molecule has 1 aliphatic rings. The molecule has 0 saturated heterocycles. The van der Waals surface area contributed by atoms with E-state index in [9.17, 15) is 4.79 Å². The smallest absolute Gasteiger partial charge is 0.339 e. The maximum Gasteiger partial charge on any atom is 0.339 e. The Bertz CT molecular complexity index is 530. The van der Waals surface area contributed by atoms with Crippen molar-refractivity contribution in [2.45, 2.75) is 33.1 Å². The van der Waals surface area contributed by atoms with Crippen molar-refractivity contribution in [2.24, 2.45) is 17.8 Å². The van der Waals surface area contributed by atoms with Crippen LogP contribution in [0.2, 0.25) is 15.1 Å². The lowest BCUT2D eigenvalue weighted by atomic mass is 9.86. The van der Waals surface area contributed by atoms with E-state index in [0.717, 1.165) is 0 Å². The van der Waals surface area contributed by atoms with E-state index in [4.69, 9.17) is 39.5 Å². The maximum absolute atomic E-state index is 12.1. The average Bonchev–Trinajstić information content (AvgIpc) is 2.86. The first-order valence-corrected chi connectivity index (χ1v) is 8.35. The van der Waals surface area contributed by atoms with Crippen LogP contribution in [0.4, 0.5) is 0 Å². The molecule has 2 rings (SSSR count). The van der Waals surface area contributed by atoms with Gasteiger partial charge in [-0.15, -0.1) is 0 Å². The second kappa shape index (κ2) is 7.21. The molecule has 2 nitrogen and oxygen atoms in total. The lowest BCUT2D eigenvalue weighted by Gasteiger charge is -2.23. The van der Waals surface area contributed by atoms with E-state index in [0.29, 0.717) is 29.4 Å². The fourth-order valence-corrected chi connectivity index (χ4v) is 3.81. The van der Waals surface area contributed by atoms with Crippen LogP contribution in [0, 0.1) is 17.8 Å². The molecule has 0 aliphatic heterocycles. The van der Waals surface area contributed by atoms with E-state index in [2.05, 4.69) is 13.8 Å². The number of ether oxygens (including phenoxy) is 1. The second-order valence-corrected chi connectivity index (χ2v) is 7.12. The van der Waals surface area contributed by atoms with Gasteiger partial charge in [0.1, 0.15) is 0 Å². The number of rotatable bonds is 4. The first-order valence-electron chi connectivity index (χ1n) is 7.21. The molecule has 21 heavy (non-hydrogen) atoms. The van der Waals surface area contributed by atoms with Gasteiger partial charge in [0.25, 0.3) is 0 Å². The maximum atomic E-state index is 12.1. The van der Waals surface area contributed by atoms with Crippen LogP contribution in [0.25, 0.3) is 0 Å². The van der Waals surface area contributed by atoms with Crippen LogP contribution >= 0.6 is 34.8 Å². The lowest BCUT2D eigenvalue weighted by Crippen LogP contribution is -2.21. The van der Waals surface area contributed by atoms with Crippen LogP contribution in [0.1, 0.15) is 43.5 Å². The van der Waals surface area contributed by atoms with Crippen LogP contribution in [0.5, 0.6) is 0 Å². The third-order valence-electron chi connectivity index (χ3n) is 4.35. The Labute approximate surface area is 140 Å². The monoisotopic (exact) mass is 348 g/mol. The number of halogens is 3. The molecule has 1 saturated carbocycles. The summed E-state index contributed by atoms with van der Waals surface area (Å²) < 4.78 is 5.40. The molecular formula is C16H19Cl3O2. The highest BCUT2D eigenvalue weighted by Gasteiger charge is 2.29. The third-order valence-corrected chi connectivity index (χ3v) is 5.37. The van der Waals surface area contributed by atoms with Gasteiger partial charge in [-0.2, -0.15) is 0 Å². The molecule has 1 fully saturated rings. The van der Waals surface area contributed by atoms with Crippen LogP contribution in [-0.4, -0.2) is 12.6 Å². The summed E-state index contributed by atoms with van der Waals surface area (Å²) in [5.41, 5.74) is 0.223. The molecule has 0 N–H and O–H groups in total. The highest BCUT2D eigenvalue weighted by molar-refractivity contribution is 6.45. The summed E-state index contributed by atoms with van der Waals surface area (Å²) in [6, 6.07) is 2.99. The minimum atomic E-state index is -0.470. The van der Waals surface area contributed by atoms with Crippen molar-refractivity contribution in [2.75, 3.05) is 6.61 Å². The van der Waals surface area contributed by atoms with E-state index in [1.165, 1.54) is 31.4 Å². The number of benzene rings is 1. The molecule has 1 aliphatic carbocycles. The molecular weight excluding hydrogens is 331 g/mol. The van der Waals surface area contributed by atoms with E-state index >= 15 is 0 Å². The van der Waals surface area contributed by atoms with Crippen molar-refractivity contribution in [3.63, 3.8) is 0 Å². The van der Waals surface area contributed by atoms with Gasteiger partial charge in [-0.25, -0.2) is 4.79 Å². The molecule has 0 spiro atoms. The SMILES string of the molecule is CC1CCCC1C(C)COC(=O)c1cc(Cl)cc(Cl)c1Cl. The van der Waals surface area contributed by atoms with Gasteiger partial charge < -0.3 is 4.74 Å². The average molecular weight is 350 g/mol. The van der Waals surface area contributed by atoms with Gasteiger partial charge in [-0.05, 0) is 36.3 Å². The summed E-state index contributed by atoms with van der Waals surface area (Å²) in [7, 11) is 0. The van der Waals surface area contributed by atoms with Gasteiger partial charge in [0, 0.05) is 5.02 Å². The summed E-state index contributed by atoms with van der Waals surface area (Å²) in [5, 5.41) is 0.815. The predicted molar refractivity (Wildman–Crippen MR) is 87.4 cm³/mol. The van der Waals surface area contributed by atoms with Gasteiger partial charge in [0.2, 0.25) is 0 Å². The minimum absolute atomic E-state index is 0.188. The zero-order valence-electron chi connectivity index (χ0n) is 12.2. The Balaban J connectivity index is 1.99. The molecule has 0 heterocycles. The van der Waals surface area contributed by atoms with E-state index in [1.54, 1.807) is 0 Å². The van der Waals surface area contributed by atoms with Gasteiger partial charge >= 0.3 is 5.97 Å². The fourth-order valence-electron chi connectivity index (χ4n) is 3.13. The van der Waals surface area contributed by atoms with Gasteiger partial charge in [0.15, 0.2) is 0 Å². The second-order valence-electron chi connectivity index (χ2n) is 5.90. The molecule has 5 heteroatoms. The molecule has 116 valence electrons. The Hall–Kier alpha value is -0.440. The molecule has 3 unspecified atom stereocenters. The Kier molecular flexibility index (Phi) is 5.81. The fraction of sp³-hybridized carbons (Fsp3) is 0.562. The van der Waals surface area contributed by atoms with Crippen LogP contribution in [0.3, 0.4) is 0 Å². The summed E-state index contributed by atoms with van der Waals surface area (Å²) >= 11 is 17.9. The summed E-state index contributed by atoms with van der Waals surface area (Å²) in [6.45, 7) is 4.80. The van der Waals surface area contributed by atoms with E-state index in [-0.39, 0.29) is 15.6 Å². The third kappa shape index (κ3) is 4.06. The van der Waals surface area contributed by atoms with Gasteiger partial charge in [0.05, 0.1) is 22.2 Å². The predicted octanol–water partition coefficient (Wildman–Crippen LogP) is 5.88. The van der Waals surface area contributed by atoms with Crippen LogP contribution < -0.4 is 0 Å². The van der Waals surface area contributed by atoms with Crippen molar-refractivity contribution < 1.29 is 9.53 Å². The molecule has 0 amide bonds. The van der Waals surface area contributed by atoms with Crippen molar-refractivity contribution in [1.82, 2.24) is 0 Å². The molecule has 1 aromatic carbocycles. The Morgan fingerprint density at radius 1 is 1.33 bits per heavy atom. The number of esters is 1. The first kappa shape index (κ1) is 16.9. The minimum Gasteiger partial charge on any atom is -0.462 e. The quantitative estimate of drug-likeness (QED) is 0.501. The Morgan fingerprint density at radius 2 is 2.05 bits per heavy atom. The molecule has 0 aromatic heterocycles. The van der Waals surface area contributed by atoms with E-state index in [1.807, 2.05) is 0 Å².